The van der Waals surface area contributed by atoms with Crippen molar-refractivity contribution in [2.24, 2.45) is 0 Å². The van der Waals surface area contributed by atoms with E-state index in [1.165, 1.54) is 0 Å². The van der Waals surface area contributed by atoms with Crippen molar-refractivity contribution < 1.29 is 19.4 Å². The highest BCUT2D eigenvalue weighted by Crippen LogP contribution is 2.20. The van der Waals surface area contributed by atoms with Crippen LogP contribution >= 0.6 is 0 Å². The van der Waals surface area contributed by atoms with Gasteiger partial charge in [-0.3, -0.25) is 4.79 Å². The fraction of sp³-hybridized carbons (Fsp3) is 0.833. The summed E-state index contributed by atoms with van der Waals surface area (Å²) in [6.45, 7) is 1.25. The number of carbonyl (C=O) groups is 2. The Morgan fingerprint density at radius 1 is 1.33 bits per heavy atom. The Kier molecular flexibility index (Phi) is 4.19. The first-order chi connectivity index (χ1) is 8.64. The zero-order valence-corrected chi connectivity index (χ0v) is 10.4. The van der Waals surface area contributed by atoms with Gasteiger partial charge in [0.05, 0.1) is 12.6 Å². The minimum atomic E-state index is -1.23. The number of carbonyl (C=O) groups excluding carboxylic acids is 1. The van der Waals surface area contributed by atoms with E-state index in [1.54, 1.807) is 0 Å². The molecular formula is C12H20N2O4. The molecule has 0 saturated carbocycles. The first kappa shape index (κ1) is 13.3. The monoisotopic (exact) mass is 256 g/mol. The van der Waals surface area contributed by atoms with E-state index in [1.807, 2.05) is 0 Å². The minimum absolute atomic E-state index is 0.0563. The molecule has 0 aromatic rings. The fourth-order valence-corrected chi connectivity index (χ4v) is 2.46. The summed E-state index contributed by atoms with van der Waals surface area (Å²) < 4.78 is 5.12. The van der Waals surface area contributed by atoms with E-state index >= 15 is 0 Å². The molecule has 1 amide bonds. The molecule has 102 valence electrons. The average molecular weight is 256 g/mol. The summed E-state index contributed by atoms with van der Waals surface area (Å²) >= 11 is 0. The average Bonchev–Trinajstić information content (AvgIpc) is 2.65. The maximum Gasteiger partial charge on any atom is 0.331 e. The number of amides is 1. The van der Waals surface area contributed by atoms with Crippen LogP contribution in [-0.4, -0.2) is 48.3 Å². The summed E-state index contributed by atoms with van der Waals surface area (Å²) in [4.78, 5) is 23.4. The van der Waals surface area contributed by atoms with Crippen LogP contribution in [-0.2, 0) is 14.3 Å². The summed E-state index contributed by atoms with van der Waals surface area (Å²) in [5.41, 5.74) is -1.23. The van der Waals surface area contributed by atoms with Crippen molar-refractivity contribution in [3.63, 3.8) is 0 Å². The maximum absolute atomic E-state index is 12.1. The lowest BCUT2D eigenvalue weighted by Crippen LogP contribution is -2.59. The number of rotatable bonds is 3. The maximum atomic E-state index is 12.1. The van der Waals surface area contributed by atoms with Crippen LogP contribution in [0.5, 0.6) is 0 Å². The molecule has 3 N–H and O–H groups in total. The van der Waals surface area contributed by atoms with Gasteiger partial charge in [-0.2, -0.15) is 0 Å². The lowest BCUT2D eigenvalue weighted by atomic mass is 9.98. The normalized spacial score (nSPS) is 32.8. The zero-order valence-electron chi connectivity index (χ0n) is 10.4. The van der Waals surface area contributed by atoms with Gasteiger partial charge in [-0.05, 0) is 19.4 Å². The predicted octanol–water partition coefficient (Wildman–Crippen LogP) is -0.122. The Balaban J connectivity index is 1.98. The molecule has 2 rings (SSSR count). The Hall–Kier alpha value is -1.14. The van der Waals surface area contributed by atoms with Crippen molar-refractivity contribution in [2.75, 3.05) is 19.8 Å². The van der Waals surface area contributed by atoms with Gasteiger partial charge in [-0.15, -0.1) is 0 Å². The number of aliphatic carboxylic acids is 1. The van der Waals surface area contributed by atoms with Gasteiger partial charge >= 0.3 is 5.97 Å². The van der Waals surface area contributed by atoms with E-state index in [2.05, 4.69) is 10.6 Å². The van der Waals surface area contributed by atoms with Gasteiger partial charge in [0.2, 0.25) is 5.91 Å². The molecule has 0 radical (unpaired) electrons. The van der Waals surface area contributed by atoms with Crippen LogP contribution in [0.3, 0.4) is 0 Å². The molecule has 2 aliphatic heterocycles. The van der Waals surface area contributed by atoms with Crippen LogP contribution in [0, 0.1) is 0 Å². The van der Waals surface area contributed by atoms with Crippen LogP contribution in [0.4, 0.5) is 0 Å². The number of hydrogen-bond acceptors (Lipinski definition) is 4. The second-order valence-corrected chi connectivity index (χ2v) is 5.04. The van der Waals surface area contributed by atoms with E-state index in [9.17, 15) is 14.7 Å². The van der Waals surface area contributed by atoms with Crippen molar-refractivity contribution in [2.45, 2.75) is 43.7 Å². The lowest BCUT2D eigenvalue weighted by molar-refractivity contribution is -0.148. The van der Waals surface area contributed by atoms with Crippen LogP contribution in [0.15, 0.2) is 0 Å². The van der Waals surface area contributed by atoms with Crippen molar-refractivity contribution in [3.8, 4) is 0 Å². The molecule has 2 saturated heterocycles. The Morgan fingerprint density at radius 3 is 2.83 bits per heavy atom. The summed E-state index contributed by atoms with van der Waals surface area (Å²) in [7, 11) is 0. The topological polar surface area (TPSA) is 87.7 Å². The largest absolute Gasteiger partial charge is 0.479 e. The van der Waals surface area contributed by atoms with Crippen LogP contribution < -0.4 is 10.6 Å². The van der Waals surface area contributed by atoms with Crippen molar-refractivity contribution in [3.05, 3.63) is 0 Å². The highest BCUT2D eigenvalue weighted by molar-refractivity contribution is 5.90. The summed E-state index contributed by atoms with van der Waals surface area (Å²) in [5.74, 6) is -1.23. The molecule has 2 aliphatic rings. The van der Waals surface area contributed by atoms with E-state index in [-0.39, 0.29) is 18.6 Å². The van der Waals surface area contributed by atoms with E-state index in [0.717, 1.165) is 32.2 Å². The number of nitrogens with one attached hydrogen (secondary N) is 2. The second kappa shape index (κ2) is 5.67. The van der Waals surface area contributed by atoms with Gasteiger partial charge < -0.3 is 20.5 Å². The van der Waals surface area contributed by atoms with Crippen LogP contribution in [0.1, 0.15) is 32.1 Å². The molecule has 2 fully saturated rings. The molecule has 2 heterocycles. The van der Waals surface area contributed by atoms with Crippen LogP contribution in [0.25, 0.3) is 0 Å². The third-order valence-electron chi connectivity index (χ3n) is 3.67. The SMILES string of the molecule is O=C(NC1(C(=O)O)CCOC1)C1CCCCCN1. The molecule has 0 aliphatic carbocycles. The van der Waals surface area contributed by atoms with Gasteiger partial charge in [0.25, 0.3) is 0 Å². The third kappa shape index (κ3) is 2.81. The molecule has 6 heteroatoms. The standard InChI is InChI=1S/C12H20N2O4/c15-10(9-4-2-1-3-6-13-9)14-12(11(16)17)5-7-18-8-12/h9,13H,1-8H2,(H,14,15)(H,16,17). The molecule has 0 spiro atoms. The molecule has 0 aromatic heterocycles. The van der Waals surface area contributed by atoms with E-state index < -0.39 is 11.5 Å². The predicted molar refractivity (Wildman–Crippen MR) is 64.2 cm³/mol. The van der Waals surface area contributed by atoms with Gasteiger partial charge in [0, 0.05) is 13.0 Å². The molecule has 2 atom stereocenters. The van der Waals surface area contributed by atoms with Crippen LogP contribution in [0.2, 0.25) is 0 Å². The number of hydrogen-bond donors (Lipinski definition) is 3. The number of carboxylic acids is 1. The number of carboxylic acid groups (broad SMARTS) is 1. The van der Waals surface area contributed by atoms with Crippen molar-refractivity contribution >= 4 is 11.9 Å². The molecule has 18 heavy (non-hydrogen) atoms. The van der Waals surface area contributed by atoms with Gasteiger partial charge in [0.1, 0.15) is 0 Å². The van der Waals surface area contributed by atoms with E-state index in [4.69, 9.17) is 4.74 Å². The Labute approximate surface area is 106 Å². The molecule has 0 bridgehead atoms. The first-order valence-electron chi connectivity index (χ1n) is 6.51. The zero-order chi connectivity index (χ0) is 13.0. The minimum Gasteiger partial charge on any atom is -0.479 e. The smallest absolute Gasteiger partial charge is 0.331 e. The van der Waals surface area contributed by atoms with Crippen molar-refractivity contribution in [1.29, 1.82) is 0 Å². The highest BCUT2D eigenvalue weighted by atomic mass is 16.5. The molecule has 2 unspecified atom stereocenters. The summed E-state index contributed by atoms with van der Waals surface area (Å²) in [6.07, 6.45) is 4.28. The third-order valence-corrected chi connectivity index (χ3v) is 3.67. The summed E-state index contributed by atoms with van der Waals surface area (Å²) in [5, 5.41) is 15.1. The fourth-order valence-electron chi connectivity index (χ4n) is 2.46. The summed E-state index contributed by atoms with van der Waals surface area (Å²) in [6, 6.07) is -0.274. The highest BCUT2D eigenvalue weighted by Gasteiger charge is 2.44. The Morgan fingerprint density at radius 2 is 2.17 bits per heavy atom. The van der Waals surface area contributed by atoms with E-state index in [0.29, 0.717) is 13.0 Å². The van der Waals surface area contributed by atoms with Gasteiger partial charge in [-0.1, -0.05) is 12.8 Å². The second-order valence-electron chi connectivity index (χ2n) is 5.04. The molecule has 6 nitrogen and oxygen atoms in total. The Bertz CT molecular complexity index is 318. The quantitative estimate of drug-likeness (QED) is 0.655. The first-order valence-corrected chi connectivity index (χ1v) is 6.51. The molecular weight excluding hydrogens is 236 g/mol. The van der Waals surface area contributed by atoms with Crippen molar-refractivity contribution in [1.82, 2.24) is 10.6 Å². The van der Waals surface area contributed by atoms with Gasteiger partial charge in [0.15, 0.2) is 5.54 Å². The molecule has 0 aromatic carbocycles. The lowest BCUT2D eigenvalue weighted by Gasteiger charge is -2.26. The number of ether oxygens (including phenoxy) is 1. The van der Waals surface area contributed by atoms with Gasteiger partial charge in [-0.25, -0.2) is 4.79 Å².